The molecule has 8 heteroatoms. The van der Waals surface area contributed by atoms with Crippen LogP contribution in [0, 0.1) is 6.92 Å². The third kappa shape index (κ3) is 2.11. The summed E-state index contributed by atoms with van der Waals surface area (Å²) in [5.41, 5.74) is 6.65. The van der Waals surface area contributed by atoms with Crippen molar-refractivity contribution in [2.45, 2.75) is 13.8 Å². The molecule has 0 aliphatic heterocycles. The van der Waals surface area contributed by atoms with Gasteiger partial charge in [0.05, 0.1) is 12.3 Å². The molecular formula is C9H11N5O2S. The lowest BCUT2D eigenvalue weighted by molar-refractivity contribution is 0.0520. The molecule has 0 bridgehead atoms. The third-order valence-electron chi connectivity index (χ3n) is 1.96. The zero-order chi connectivity index (χ0) is 12.4. The van der Waals surface area contributed by atoms with Crippen LogP contribution in [0.3, 0.4) is 0 Å². The minimum atomic E-state index is -0.579. The van der Waals surface area contributed by atoms with E-state index in [1.807, 2.05) is 12.3 Å². The summed E-state index contributed by atoms with van der Waals surface area (Å²) < 4.78 is 6.13. The molecule has 0 amide bonds. The number of aromatic nitrogens is 4. The van der Waals surface area contributed by atoms with E-state index < -0.39 is 5.97 Å². The van der Waals surface area contributed by atoms with Crippen LogP contribution in [-0.2, 0) is 4.74 Å². The predicted molar refractivity (Wildman–Crippen MR) is 62.1 cm³/mol. The number of nitrogens with zero attached hydrogens (tertiary/aromatic N) is 4. The molecule has 0 spiro atoms. The summed E-state index contributed by atoms with van der Waals surface area (Å²) in [6, 6.07) is 0. The predicted octanol–water partition coefficient (Wildman–Crippen LogP) is 0.791. The SMILES string of the molecule is CCOC(=O)c1nnn(-c2nc(C)cs2)c1N. The summed E-state index contributed by atoms with van der Waals surface area (Å²) in [6.07, 6.45) is 0. The van der Waals surface area contributed by atoms with Crippen molar-refractivity contribution in [2.24, 2.45) is 0 Å². The molecule has 0 saturated carbocycles. The van der Waals surface area contributed by atoms with Crippen molar-refractivity contribution in [2.75, 3.05) is 12.3 Å². The van der Waals surface area contributed by atoms with Crippen molar-refractivity contribution in [3.8, 4) is 5.13 Å². The van der Waals surface area contributed by atoms with Gasteiger partial charge in [0.15, 0.2) is 5.82 Å². The van der Waals surface area contributed by atoms with Crippen molar-refractivity contribution in [1.82, 2.24) is 20.0 Å². The Kier molecular flexibility index (Phi) is 3.05. The average Bonchev–Trinajstić information content (AvgIpc) is 2.85. The van der Waals surface area contributed by atoms with Gasteiger partial charge in [-0.2, -0.15) is 4.68 Å². The van der Waals surface area contributed by atoms with Gasteiger partial charge in [0.25, 0.3) is 0 Å². The second-order valence-electron chi connectivity index (χ2n) is 3.23. The number of rotatable bonds is 3. The normalized spacial score (nSPS) is 10.5. The highest BCUT2D eigenvalue weighted by molar-refractivity contribution is 7.12. The van der Waals surface area contributed by atoms with Crippen LogP contribution in [0.2, 0.25) is 0 Å². The molecule has 0 aromatic carbocycles. The van der Waals surface area contributed by atoms with Crippen LogP contribution in [0.4, 0.5) is 5.82 Å². The molecule has 17 heavy (non-hydrogen) atoms. The summed E-state index contributed by atoms with van der Waals surface area (Å²) in [4.78, 5) is 15.7. The zero-order valence-corrected chi connectivity index (χ0v) is 10.2. The second kappa shape index (κ2) is 4.50. The van der Waals surface area contributed by atoms with E-state index in [2.05, 4.69) is 15.3 Å². The molecule has 2 rings (SSSR count). The standard InChI is InChI=1S/C9H11N5O2S/c1-3-16-8(15)6-7(10)14(13-12-6)9-11-5(2)4-17-9/h4H,3,10H2,1-2H3. The van der Waals surface area contributed by atoms with Gasteiger partial charge >= 0.3 is 5.97 Å². The van der Waals surface area contributed by atoms with Crippen molar-refractivity contribution in [3.05, 3.63) is 16.8 Å². The highest BCUT2D eigenvalue weighted by atomic mass is 32.1. The number of hydrogen-bond donors (Lipinski definition) is 1. The lowest BCUT2D eigenvalue weighted by atomic mass is 10.4. The lowest BCUT2D eigenvalue weighted by Gasteiger charge is -1.99. The summed E-state index contributed by atoms with van der Waals surface area (Å²) in [7, 11) is 0. The fraction of sp³-hybridized carbons (Fsp3) is 0.333. The van der Waals surface area contributed by atoms with Crippen molar-refractivity contribution in [1.29, 1.82) is 0 Å². The van der Waals surface area contributed by atoms with Crippen LogP contribution >= 0.6 is 11.3 Å². The first-order valence-electron chi connectivity index (χ1n) is 4.94. The highest BCUT2D eigenvalue weighted by Crippen LogP contribution is 2.18. The quantitative estimate of drug-likeness (QED) is 0.812. The fourth-order valence-electron chi connectivity index (χ4n) is 1.21. The van der Waals surface area contributed by atoms with E-state index in [0.717, 1.165) is 5.69 Å². The minimum absolute atomic E-state index is 0.0136. The molecule has 0 unspecified atom stereocenters. The van der Waals surface area contributed by atoms with Gasteiger partial charge in [-0.15, -0.1) is 16.4 Å². The zero-order valence-electron chi connectivity index (χ0n) is 9.38. The Morgan fingerprint density at radius 2 is 2.41 bits per heavy atom. The number of thiazole rings is 1. The van der Waals surface area contributed by atoms with Crippen LogP contribution in [-0.4, -0.2) is 32.6 Å². The van der Waals surface area contributed by atoms with E-state index in [9.17, 15) is 4.79 Å². The van der Waals surface area contributed by atoms with Crippen LogP contribution in [0.5, 0.6) is 0 Å². The topological polar surface area (TPSA) is 95.9 Å². The number of ether oxygens (including phenoxy) is 1. The largest absolute Gasteiger partial charge is 0.461 e. The van der Waals surface area contributed by atoms with Gasteiger partial charge in [-0.25, -0.2) is 9.78 Å². The van der Waals surface area contributed by atoms with Gasteiger partial charge < -0.3 is 10.5 Å². The maximum absolute atomic E-state index is 11.5. The van der Waals surface area contributed by atoms with Crippen molar-refractivity contribution in [3.63, 3.8) is 0 Å². The Bertz CT molecular complexity index is 547. The second-order valence-corrected chi connectivity index (χ2v) is 4.06. The molecule has 0 fully saturated rings. The van der Waals surface area contributed by atoms with E-state index in [4.69, 9.17) is 10.5 Å². The Morgan fingerprint density at radius 3 is 3.00 bits per heavy atom. The Hall–Kier alpha value is -1.96. The van der Waals surface area contributed by atoms with E-state index in [1.165, 1.54) is 16.0 Å². The first kappa shape index (κ1) is 11.5. The molecule has 2 aromatic rings. The Labute approximate surface area is 101 Å². The van der Waals surface area contributed by atoms with Gasteiger partial charge in [-0.1, -0.05) is 5.21 Å². The van der Waals surface area contributed by atoms with Gasteiger partial charge in [-0.3, -0.25) is 0 Å². The molecule has 0 atom stereocenters. The number of carbonyl (C=O) groups excluding carboxylic acids is 1. The summed E-state index contributed by atoms with van der Waals surface area (Å²) in [5.74, 6) is -0.442. The van der Waals surface area contributed by atoms with E-state index in [1.54, 1.807) is 6.92 Å². The van der Waals surface area contributed by atoms with E-state index >= 15 is 0 Å². The van der Waals surface area contributed by atoms with Crippen LogP contribution in [0.25, 0.3) is 5.13 Å². The third-order valence-corrected chi connectivity index (χ3v) is 2.90. The first-order chi connectivity index (χ1) is 8.13. The van der Waals surface area contributed by atoms with Crippen LogP contribution < -0.4 is 5.73 Å². The van der Waals surface area contributed by atoms with E-state index in [0.29, 0.717) is 5.13 Å². The summed E-state index contributed by atoms with van der Waals surface area (Å²) in [6.45, 7) is 3.84. The van der Waals surface area contributed by atoms with Crippen molar-refractivity contribution >= 4 is 23.1 Å². The minimum Gasteiger partial charge on any atom is -0.461 e. The van der Waals surface area contributed by atoms with Crippen LogP contribution in [0.15, 0.2) is 5.38 Å². The van der Waals surface area contributed by atoms with Crippen LogP contribution in [0.1, 0.15) is 23.1 Å². The van der Waals surface area contributed by atoms with Gasteiger partial charge in [0.2, 0.25) is 10.8 Å². The number of carbonyl (C=O) groups is 1. The summed E-state index contributed by atoms with van der Waals surface area (Å²) >= 11 is 1.37. The molecule has 0 aliphatic carbocycles. The molecule has 0 radical (unpaired) electrons. The fourth-order valence-corrected chi connectivity index (χ4v) is 1.97. The number of nitrogens with two attached hydrogens (primary N) is 1. The van der Waals surface area contributed by atoms with Gasteiger partial charge in [-0.05, 0) is 13.8 Å². The molecule has 2 heterocycles. The Morgan fingerprint density at radius 1 is 1.65 bits per heavy atom. The maximum atomic E-state index is 11.5. The number of aryl methyl sites for hydroxylation is 1. The monoisotopic (exact) mass is 253 g/mol. The number of esters is 1. The van der Waals surface area contributed by atoms with Crippen molar-refractivity contribution < 1.29 is 9.53 Å². The number of nitrogen functional groups attached to an aromatic ring is 1. The molecular weight excluding hydrogens is 242 g/mol. The smallest absolute Gasteiger partial charge is 0.362 e. The molecule has 0 aliphatic rings. The lowest BCUT2D eigenvalue weighted by Crippen LogP contribution is -2.09. The summed E-state index contributed by atoms with van der Waals surface area (Å²) in [5, 5.41) is 9.93. The molecule has 7 nitrogen and oxygen atoms in total. The first-order valence-corrected chi connectivity index (χ1v) is 5.82. The molecule has 2 aromatic heterocycles. The van der Waals surface area contributed by atoms with Gasteiger partial charge in [0, 0.05) is 5.38 Å². The van der Waals surface area contributed by atoms with Gasteiger partial charge in [0.1, 0.15) is 0 Å². The van der Waals surface area contributed by atoms with E-state index in [-0.39, 0.29) is 18.1 Å². The molecule has 90 valence electrons. The number of hydrogen-bond acceptors (Lipinski definition) is 7. The molecule has 2 N–H and O–H groups in total. The molecule has 0 saturated heterocycles. The number of anilines is 1. The highest BCUT2D eigenvalue weighted by Gasteiger charge is 2.20. The average molecular weight is 253 g/mol. The maximum Gasteiger partial charge on any atom is 0.362 e. The Balaban J connectivity index is 2.36.